The van der Waals surface area contributed by atoms with Crippen LogP contribution in [0, 0.1) is 12.3 Å². The van der Waals surface area contributed by atoms with Crippen LogP contribution < -0.4 is 10.6 Å². The SMILES string of the molecule is Cc1ncsc1-c1ccc([C@H](C)NC(=O)[C@@H]2CCCN2C(=O)[C@@H](NC(=O)CCCOC[C@H]2CC[C@@]3(CO)CCCN23)C(C)(C)C)cc1. The average molecular weight is 668 g/mol. The van der Waals surface area contributed by atoms with Gasteiger partial charge in [-0.15, -0.1) is 11.3 Å². The number of nitrogens with one attached hydrogen (secondary N) is 2. The number of thiazole rings is 1. The molecule has 3 saturated heterocycles. The number of aliphatic hydroxyl groups is 1. The summed E-state index contributed by atoms with van der Waals surface area (Å²) in [4.78, 5) is 50.0. The second-order valence-electron chi connectivity index (χ2n) is 14.7. The highest BCUT2D eigenvalue weighted by atomic mass is 32.1. The van der Waals surface area contributed by atoms with E-state index in [1.165, 1.54) is 0 Å². The second kappa shape index (κ2) is 15.1. The molecule has 3 aliphatic heterocycles. The van der Waals surface area contributed by atoms with E-state index in [2.05, 4.69) is 32.7 Å². The third-order valence-electron chi connectivity index (χ3n) is 10.4. The van der Waals surface area contributed by atoms with Gasteiger partial charge in [-0.05, 0) is 81.9 Å². The third kappa shape index (κ3) is 8.07. The van der Waals surface area contributed by atoms with Gasteiger partial charge >= 0.3 is 0 Å². The number of aliphatic hydroxyl groups excluding tert-OH is 1. The molecule has 0 aliphatic carbocycles. The molecule has 1 aromatic carbocycles. The van der Waals surface area contributed by atoms with Crippen molar-refractivity contribution < 1.29 is 24.2 Å². The monoisotopic (exact) mass is 667 g/mol. The molecule has 258 valence electrons. The summed E-state index contributed by atoms with van der Waals surface area (Å²) in [6, 6.07) is 6.94. The molecule has 3 fully saturated rings. The van der Waals surface area contributed by atoms with Crippen LogP contribution in [-0.2, 0) is 19.1 Å². The number of aromatic nitrogens is 1. The first-order chi connectivity index (χ1) is 22.4. The zero-order valence-electron chi connectivity index (χ0n) is 28.7. The lowest BCUT2D eigenvalue weighted by Crippen LogP contribution is -2.57. The molecule has 3 N–H and O–H groups in total. The van der Waals surface area contributed by atoms with E-state index >= 15 is 0 Å². The van der Waals surface area contributed by atoms with Crippen LogP contribution in [0.15, 0.2) is 29.8 Å². The highest BCUT2D eigenvalue weighted by molar-refractivity contribution is 7.13. The Morgan fingerprint density at radius 1 is 1.11 bits per heavy atom. The average Bonchev–Trinajstić information content (AvgIpc) is 3.84. The van der Waals surface area contributed by atoms with Crippen molar-refractivity contribution >= 4 is 29.1 Å². The fourth-order valence-corrected chi connectivity index (χ4v) is 8.42. The number of aryl methyl sites for hydroxylation is 1. The lowest BCUT2D eigenvalue weighted by atomic mass is 9.85. The normalized spacial score (nSPS) is 24.3. The Balaban J connectivity index is 1.10. The van der Waals surface area contributed by atoms with Crippen molar-refractivity contribution in [3.63, 3.8) is 0 Å². The van der Waals surface area contributed by atoms with Crippen LogP contribution in [0.2, 0.25) is 0 Å². The lowest BCUT2D eigenvalue weighted by molar-refractivity contribution is -0.144. The topological polar surface area (TPSA) is 124 Å². The molecule has 4 heterocycles. The number of hydrogen-bond donors (Lipinski definition) is 3. The highest BCUT2D eigenvalue weighted by Gasteiger charge is 2.48. The maximum atomic E-state index is 13.9. The van der Waals surface area contributed by atoms with E-state index in [9.17, 15) is 19.5 Å². The Kier molecular flexibility index (Phi) is 11.4. The molecule has 3 aliphatic rings. The number of benzene rings is 1. The first-order valence-corrected chi connectivity index (χ1v) is 18.2. The van der Waals surface area contributed by atoms with Crippen molar-refractivity contribution in [3.8, 4) is 10.4 Å². The maximum absolute atomic E-state index is 13.9. The Labute approximate surface area is 283 Å². The molecular weight excluding hydrogens is 614 g/mol. The van der Waals surface area contributed by atoms with Gasteiger partial charge in [0.1, 0.15) is 12.1 Å². The molecule has 3 amide bonds. The van der Waals surface area contributed by atoms with Crippen molar-refractivity contribution in [2.75, 3.05) is 32.9 Å². The molecule has 5 rings (SSSR count). The molecule has 10 nitrogen and oxygen atoms in total. The van der Waals surface area contributed by atoms with Gasteiger partial charge in [-0.25, -0.2) is 4.98 Å². The summed E-state index contributed by atoms with van der Waals surface area (Å²) in [5, 5.41) is 16.1. The number of carbonyl (C=O) groups excluding carboxylic acids is 3. The standard InChI is InChI=1S/C36H53N5O5S/c1-24(26-11-13-27(14-12-26)31-25(2)37-23-47-31)38-33(44)29-9-6-18-40(29)34(45)32(35(3,4)5)39-30(43)10-7-20-46-21-28-15-17-36(22-42)16-8-19-41(28)36/h11-14,23-24,28-29,32,42H,6-10,15-22H2,1-5H3,(H,38,44)(H,39,43)/t24-,28+,29-,32+,36+/m0/s1. The van der Waals surface area contributed by atoms with Gasteiger partial charge in [0, 0.05) is 31.2 Å². The number of amides is 3. The molecule has 1 aromatic heterocycles. The predicted octanol–water partition coefficient (Wildman–Crippen LogP) is 4.60. The van der Waals surface area contributed by atoms with Gasteiger partial charge in [0.05, 0.1) is 35.3 Å². The van der Waals surface area contributed by atoms with Gasteiger partial charge in [0.2, 0.25) is 17.7 Å². The summed E-state index contributed by atoms with van der Waals surface area (Å²) in [5.74, 6) is -0.572. The summed E-state index contributed by atoms with van der Waals surface area (Å²) in [5.41, 5.74) is 4.35. The molecule has 0 saturated carbocycles. The first-order valence-electron chi connectivity index (χ1n) is 17.3. The van der Waals surface area contributed by atoms with Crippen molar-refractivity contribution in [2.24, 2.45) is 5.41 Å². The van der Waals surface area contributed by atoms with E-state index in [0.29, 0.717) is 38.6 Å². The molecule has 5 atom stereocenters. The Bertz CT molecular complexity index is 1390. The fourth-order valence-electron chi connectivity index (χ4n) is 7.61. The number of hydrogen-bond acceptors (Lipinski definition) is 8. The van der Waals surface area contributed by atoms with Gasteiger partial charge in [-0.3, -0.25) is 19.3 Å². The molecule has 0 bridgehead atoms. The van der Waals surface area contributed by atoms with Crippen molar-refractivity contribution in [2.45, 2.75) is 116 Å². The predicted molar refractivity (Wildman–Crippen MR) is 184 cm³/mol. The van der Waals surface area contributed by atoms with E-state index in [0.717, 1.165) is 60.3 Å². The smallest absolute Gasteiger partial charge is 0.246 e. The number of likely N-dealkylation sites (tertiary alicyclic amines) is 1. The van der Waals surface area contributed by atoms with E-state index in [1.807, 2.05) is 52.3 Å². The lowest BCUT2D eigenvalue weighted by Gasteiger charge is -2.35. The van der Waals surface area contributed by atoms with Gasteiger partial charge in [-0.2, -0.15) is 0 Å². The second-order valence-corrected chi connectivity index (χ2v) is 15.6. The van der Waals surface area contributed by atoms with Crippen molar-refractivity contribution in [3.05, 3.63) is 41.0 Å². The van der Waals surface area contributed by atoms with Crippen LogP contribution in [0.4, 0.5) is 0 Å². The summed E-state index contributed by atoms with van der Waals surface area (Å²) in [6.07, 6.45) is 6.38. The fraction of sp³-hybridized carbons (Fsp3) is 0.667. The molecule has 0 spiro atoms. The molecule has 0 radical (unpaired) electrons. The van der Waals surface area contributed by atoms with Crippen LogP contribution in [0.3, 0.4) is 0 Å². The Morgan fingerprint density at radius 2 is 1.87 bits per heavy atom. The summed E-state index contributed by atoms with van der Waals surface area (Å²) in [6.45, 7) is 12.6. The van der Waals surface area contributed by atoms with Gasteiger partial charge in [-0.1, -0.05) is 45.0 Å². The van der Waals surface area contributed by atoms with Crippen LogP contribution >= 0.6 is 11.3 Å². The summed E-state index contributed by atoms with van der Waals surface area (Å²) < 4.78 is 5.97. The van der Waals surface area contributed by atoms with E-state index in [-0.39, 0.29) is 42.3 Å². The summed E-state index contributed by atoms with van der Waals surface area (Å²) in [7, 11) is 0. The Morgan fingerprint density at radius 3 is 2.55 bits per heavy atom. The van der Waals surface area contributed by atoms with Crippen LogP contribution in [0.1, 0.15) is 96.4 Å². The summed E-state index contributed by atoms with van der Waals surface area (Å²) >= 11 is 1.61. The highest BCUT2D eigenvalue weighted by Crippen LogP contribution is 2.42. The number of rotatable bonds is 13. The quantitative estimate of drug-likeness (QED) is 0.267. The molecular formula is C36H53N5O5S. The van der Waals surface area contributed by atoms with Crippen LogP contribution in [0.5, 0.6) is 0 Å². The van der Waals surface area contributed by atoms with E-state index in [1.54, 1.807) is 16.2 Å². The van der Waals surface area contributed by atoms with Gasteiger partial charge < -0.3 is 25.4 Å². The third-order valence-corrected chi connectivity index (χ3v) is 11.3. The zero-order valence-corrected chi connectivity index (χ0v) is 29.5. The Hall–Kier alpha value is -2.86. The van der Waals surface area contributed by atoms with Crippen molar-refractivity contribution in [1.82, 2.24) is 25.4 Å². The minimum Gasteiger partial charge on any atom is -0.394 e. The molecule has 47 heavy (non-hydrogen) atoms. The van der Waals surface area contributed by atoms with Gasteiger partial charge in [0.25, 0.3) is 0 Å². The van der Waals surface area contributed by atoms with Crippen LogP contribution in [-0.4, -0.2) is 94.2 Å². The number of fused-ring (bicyclic) bond motifs is 1. The molecule has 2 aromatic rings. The largest absolute Gasteiger partial charge is 0.394 e. The minimum absolute atomic E-state index is 0.0517. The van der Waals surface area contributed by atoms with E-state index < -0.39 is 17.5 Å². The molecule has 0 unspecified atom stereocenters. The van der Waals surface area contributed by atoms with Crippen molar-refractivity contribution in [1.29, 1.82) is 0 Å². The maximum Gasteiger partial charge on any atom is 0.246 e. The number of carbonyl (C=O) groups is 3. The molecule has 11 heteroatoms. The zero-order chi connectivity index (χ0) is 33.8. The minimum atomic E-state index is -0.746. The van der Waals surface area contributed by atoms with Gasteiger partial charge in [0.15, 0.2) is 0 Å². The van der Waals surface area contributed by atoms with E-state index in [4.69, 9.17) is 4.74 Å². The van der Waals surface area contributed by atoms with Crippen LogP contribution in [0.25, 0.3) is 10.4 Å². The number of ether oxygens (including phenoxy) is 1. The first kappa shape index (κ1) is 35.4. The number of nitrogens with zero attached hydrogens (tertiary/aromatic N) is 3.